The molecule has 5 nitrogen and oxygen atoms in total. The van der Waals surface area contributed by atoms with Gasteiger partial charge in [-0.2, -0.15) is 0 Å². The van der Waals surface area contributed by atoms with Crippen molar-refractivity contribution in [2.75, 3.05) is 11.9 Å². The van der Waals surface area contributed by atoms with Crippen molar-refractivity contribution in [1.29, 1.82) is 0 Å². The Bertz CT molecular complexity index is 499. The van der Waals surface area contributed by atoms with Gasteiger partial charge in [-0.15, -0.1) is 0 Å². The number of anilines is 1. The van der Waals surface area contributed by atoms with Crippen LogP contribution < -0.4 is 5.32 Å². The second kappa shape index (κ2) is 5.75. The van der Waals surface area contributed by atoms with Crippen molar-refractivity contribution in [3.63, 3.8) is 0 Å². The number of benzene rings is 1. The van der Waals surface area contributed by atoms with Gasteiger partial charge >= 0.3 is 0 Å². The van der Waals surface area contributed by atoms with E-state index >= 15 is 0 Å². The highest BCUT2D eigenvalue weighted by Gasteiger charge is 2.31. The number of nitrogens with zero attached hydrogens (tertiary/aromatic N) is 1. The number of rotatable bonds is 4. The van der Waals surface area contributed by atoms with Crippen LogP contribution in [0.3, 0.4) is 0 Å². The van der Waals surface area contributed by atoms with E-state index in [0.29, 0.717) is 24.4 Å². The monoisotopic (exact) mass is 282 g/mol. The fourth-order valence-electron chi connectivity index (χ4n) is 2.52. The van der Waals surface area contributed by atoms with Crippen molar-refractivity contribution in [2.45, 2.75) is 38.2 Å². The summed E-state index contributed by atoms with van der Waals surface area (Å²) in [5.41, 5.74) is -0.784. The maximum atomic E-state index is 13.3. The van der Waals surface area contributed by atoms with Gasteiger partial charge in [0, 0.05) is 18.3 Å². The largest absolute Gasteiger partial charge is 0.388 e. The van der Waals surface area contributed by atoms with Gasteiger partial charge < -0.3 is 10.4 Å². The highest BCUT2D eigenvalue weighted by atomic mass is 19.1. The van der Waals surface area contributed by atoms with Crippen molar-refractivity contribution in [2.24, 2.45) is 5.92 Å². The molecule has 0 aliphatic heterocycles. The molecule has 0 saturated heterocycles. The maximum absolute atomic E-state index is 13.3. The third-order valence-corrected chi connectivity index (χ3v) is 3.92. The quantitative estimate of drug-likeness (QED) is 0.657. The van der Waals surface area contributed by atoms with Crippen LogP contribution in [0.4, 0.5) is 15.8 Å². The zero-order valence-electron chi connectivity index (χ0n) is 11.4. The van der Waals surface area contributed by atoms with Gasteiger partial charge in [-0.25, -0.2) is 4.39 Å². The summed E-state index contributed by atoms with van der Waals surface area (Å²) in [5, 5.41) is 24.0. The molecular weight excluding hydrogens is 263 g/mol. The predicted molar refractivity (Wildman–Crippen MR) is 74.1 cm³/mol. The minimum absolute atomic E-state index is 0.278. The Labute approximate surface area is 117 Å². The molecule has 2 rings (SSSR count). The average Bonchev–Trinajstić information content (AvgIpc) is 2.40. The predicted octanol–water partition coefficient (Wildman–Crippen LogP) is 3.09. The lowest BCUT2D eigenvalue weighted by Gasteiger charge is -2.35. The first kappa shape index (κ1) is 14.7. The van der Waals surface area contributed by atoms with Crippen LogP contribution in [0.2, 0.25) is 0 Å². The number of aliphatic hydroxyl groups is 1. The lowest BCUT2D eigenvalue weighted by atomic mass is 9.79. The second-order valence-corrected chi connectivity index (χ2v) is 5.72. The van der Waals surface area contributed by atoms with Crippen LogP contribution in [-0.2, 0) is 0 Å². The van der Waals surface area contributed by atoms with Gasteiger partial charge in [0.25, 0.3) is 5.69 Å². The topological polar surface area (TPSA) is 75.4 Å². The highest BCUT2D eigenvalue weighted by Crippen LogP contribution is 2.32. The van der Waals surface area contributed by atoms with Crippen LogP contribution in [0, 0.1) is 21.8 Å². The SMILES string of the molecule is CC1CCC(O)(CNc2cc(F)cc([N+](=O)[O-])c2)CC1. The number of non-ortho nitro benzene ring substituents is 1. The smallest absolute Gasteiger partial charge is 0.274 e. The van der Waals surface area contributed by atoms with Crippen LogP contribution in [0.25, 0.3) is 0 Å². The van der Waals surface area contributed by atoms with Gasteiger partial charge in [0.05, 0.1) is 16.6 Å². The second-order valence-electron chi connectivity index (χ2n) is 5.72. The number of nitro groups is 1. The minimum Gasteiger partial charge on any atom is -0.388 e. The standard InChI is InChI=1S/C14H19FN2O3/c1-10-2-4-14(18,5-3-10)9-16-12-6-11(15)7-13(8-12)17(19)20/h6-8,10,16,18H,2-5,9H2,1H3. The number of halogens is 1. The molecule has 0 atom stereocenters. The molecule has 1 aromatic carbocycles. The molecule has 20 heavy (non-hydrogen) atoms. The molecule has 6 heteroatoms. The molecule has 2 N–H and O–H groups in total. The Balaban J connectivity index is 2.02. The number of nitro benzene ring substituents is 1. The van der Waals surface area contributed by atoms with E-state index in [-0.39, 0.29) is 12.2 Å². The van der Waals surface area contributed by atoms with Crippen LogP contribution in [-0.4, -0.2) is 22.2 Å². The van der Waals surface area contributed by atoms with Crippen molar-refractivity contribution < 1.29 is 14.4 Å². The molecule has 1 saturated carbocycles. The van der Waals surface area contributed by atoms with Gasteiger partial charge in [0.2, 0.25) is 0 Å². The Hall–Kier alpha value is -1.69. The van der Waals surface area contributed by atoms with Gasteiger partial charge in [-0.05, 0) is 37.7 Å². The Kier molecular flexibility index (Phi) is 4.23. The number of hydrogen-bond acceptors (Lipinski definition) is 4. The van der Waals surface area contributed by atoms with Gasteiger partial charge in [-0.1, -0.05) is 6.92 Å². The van der Waals surface area contributed by atoms with Gasteiger partial charge in [0.15, 0.2) is 0 Å². The van der Waals surface area contributed by atoms with E-state index in [2.05, 4.69) is 12.2 Å². The Morgan fingerprint density at radius 2 is 2.10 bits per heavy atom. The summed E-state index contributed by atoms with van der Waals surface area (Å²) in [7, 11) is 0. The number of hydrogen-bond donors (Lipinski definition) is 2. The van der Waals surface area contributed by atoms with Crippen molar-refractivity contribution in [3.8, 4) is 0 Å². The van der Waals surface area contributed by atoms with Gasteiger partial charge in [0.1, 0.15) is 5.82 Å². The highest BCUT2D eigenvalue weighted by molar-refractivity contribution is 5.51. The van der Waals surface area contributed by atoms with Crippen molar-refractivity contribution in [1.82, 2.24) is 0 Å². The Morgan fingerprint density at radius 1 is 1.45 bits per heavy atom. The molecule has 0 bridgehead atoms. The summed E-state index contributed by atoms with van der Waals surface area (Å²) in [6, 6.07) is 3.35. The average molecular weight is 282 g/mol. The summed E-state index contributed by atoms with van der Waals surface area (Å²) < 4.78 is 13.3. The molecule has 1 fully saturated rings. The first-order valence-corrected chi connectivity index (χ1v) is 6.79. The lowest BCUT2D eigenvalue weighted by molar-refractivity contribution is -0.385. The maximum Gasteiger partial charge on any atom is 0.274 e. The van der Waals surface area contributed by atoms with Crippen molar-refractivity contribution >= 4 is 11.4 Å². The van der Waals surface area contributed by atoms with Crippen LogP contribution >= 0.6 is 0 Å². The third-order valence-electron chi connectivity index (χ3n) is 3.92. The van der Waals surface area contributed by atoms with Crippen LogP contribution in [0.1, 0.15) is 32.6 Å². The molecule has 0 radical (unpaired) electrons. The minimum atomic E-state index is -0.812. The molecule has 110 valence electrons. The van der Waals surface area contributed by atoms with E-state index < -0.39 is 16.3 Å². The third kappa shape index (κ3) is 3.66. The normalized spacial score (nSPS) is 26.2. The molecule has 0 heterocycles. The van der Waals surface area contributed by atoms with E-state index in [9.17, 15) is 19.6 Å². The zero-order chi connectivity index (χ0) is 14.8. The van der Waals surface area contributed by atoms with E-state index in [0.717, 1.165) is 18.9 Å². The summed E-state index contributed by atoms with van der Waals surface area (Å²) in [5.74, 6) is -0.0449. The first-order valence-electron chi connectivity index (χ1n) is 6.79. The molecule has 0 aromatic heterocycles. The van der Waals surface area contributed by atoms with E-state index in [1.165, 1.54) is 12.1 Å². The zero-order valence-corrected chi connectivity index (χ0v) is 11.4. The summed E-state index contributed by atoms with van der Waals surface area (Å²) in [6.45, 7) is 2.43. The van der Waals surface area contributed by atoms with Crippen molar-refractivity contribution in [3.05, 3.63) is 34.1 Å². The molecule has 0 unspecified atom stereocenters. The fraction of sp³-hybridized carbons (Fsp3) is 0.571. The van der Waals surface area contributed by atoms with E-state index in [1.807, 2.05) is 0 Å². The summed E-state index contributed by atoms with van der Waals surface area (Å²) in [4.78, 5) is 10.0. The van der Waals surface area contributed by atoms with Crippen LogP contribution in [0.5, 0.6) is 0 Å². The Morgan fingerprint density at radius 3 is 2.70 bits per heavy atom. The number of nitrogens with one attached hydrogen (secondary N) is 1. The van der Waals surface area contributed by atoms with Gasteiger partial charge in [-0.3, -0.25) is 10.1 Å². The molecule has 1 aliphatic rings. The van der Waals surface area contributed by atoms with Crippen LogP contribution in [0.15, 0.2) is 18.2 Å². The summed E-state index contributed by atoms with van der Waals surface area (Å²) in [6.07, 6.45) is 3.31. The van der Waals surface area contributed by atoms with E-state index in [4.69, 9.17) is 0 Å². The molecule has 0 amide bonds. The lowest BCUT2D eigenvalue weighted by Crippen LogP contribution is -2.40. The summed E-state index contributed by atoms with van der Waals surface area (Å²) >= 11 is 0. The molecule has 1 aliphatic carbocycles. The molecule has 0 spiro atoms. The molecule has 1 aromatic rings. The fourth-order valence-corrected chi connectivity index (χ4v) is 2.52. The first-order chi connectivity index (χ1) is 9.38. The molecular formula is C14H19FN2O3. The van der Waals surface area contributed by atoms with E-state index in [1.54, 1.807) is 0 Å².